The van der Waals surface area contributed by atoms with E-state index in [4.69, 9.17) is 0 Å². The zero-order valence-corrected chi connectivity index (χ0v) is 14.0. The first-order chi connectivity index (χ1) is 10.0. The molecule has 1 heterocycles. The van der Waals surface area contributed by atoms with Crippen LogP contribution >= 0.6 is 11.3 Å². The molecule has 0 nitrogen and oxygen atoms in total. The summed E-state index contributed by atoms with van der Waals surface area (Å²) < 4.78 is 0. The number of hydrogen-bond donors (Lipinski definition) is 0. The lowest BCUT2D eigenvalue weighted by atomic mass is 9.98. The molecular formula is C20H22S. The van der Waals surface area contributed by atoms with Crippen molar-refractivity contribution in [3.05, 3.63) is 59.0 Å². The molecule has 0 radical (unpaired) electrons. The zero-order valence-electron chi connectivity index (χ0n) is 13.2. The highest BCUT2D eigenvalue weighted by Crippen LogP contribution is 2.34. The predicted octanol–water partition coefficient (Wildman–Crippen LogP) is 6.82. The maximum atomic E-state index is 2.32. The van der Waals surface area contributed by atoms with Gasteiger partial charge in [0.15, 0.2) is 0 Å². The van der Waals surface area contributed by atoms with E-state index >= 15 is 0 Å². The highest BCUT2D eigenvalue weighted by molar-refractivity contribution is 7.15. The fourth-order valence-electron chi connectivity index (χ4n) is 2.59. The molecule has 0 amide bonds. The van der Waals surface area contributed by atoms with Crippen LogP contribution in [0.25, 0.3) is 21.2 Å². The van der Waals surface area contributed by atoms with Crippen molar-refractivity contribution in [3.63, 3.8) is 0 Å². The molecule has 2 aromatic carbocycles. The number of hydrogen-bond acceptors (Lipinski definition) is 1. The van der Waals surface area contributed by atoms with Gasteiger partial charge in [0.25, 0.3) is 0 Å². The van der Waals surface area contributed by atoms with E-state index in [2.05, 4.69) is 76.2 Å². The number of rotatable bonds is 3. The van der Waals surface area contributed by atoms with Crippen molar-refractivity contribution in [2.75, 3.05) is 0 Å². The van der Waals surface area contributed by atoms with Crippen LogP contribution in [0.15, 0.2) is 48.5 Å². The molecule has 108 valence electrons. The number of benzene rings is 2. The molecule has 0 bridgehead atoms. The summed E-state index contributed by atoms with van der Waals surface area (Å²) in [5, 5.41) is 2.67. The van der Waals surface area contributed by atoms with Crippen LogP contribution in [0.1, 0.15) is 50.0 Å². The molecule has 21 heavy (non-hydrogen) atoms. The molecule has 0 atom stereocenters. The van der Waals surface area contributed by atoms with Crippen molar-refractivity contribution < 1.29 is 0 Å². The largest absolute Gasteiger partial charge is 0.140 e. The Balaban J connectivity index is 2.02. The van der Waals surface area contributed by atoms with Gasteiger partial charge in [-0.1, -0.05) is 58.0 Å². The number of fused-ring (bicyclic) bond motifs is 1. The van der Waals surface area contributed by atoms with E-state index in [-0.39, 0.29) is 0 Å². The second kappa shape index (κ2) is 5.65. The Labute approximate surface area is 131 Å². The van der Waals surface area contributed by atoms with Gasteiger partial charge in [0.1, 0.15) is 0 Å². The second-order valence-electron chi connectivity index (χ2n) is 6.33. The first-order valence-electron chi connectivity index (χ1n) is 7.68. The Morgan fingerprint density at radius 2 is 1.43 bits per heavy atom. The molecule has 3 aromatic rings. The molecule has 0 aliphatic carbocycles. The van der Waals surface area contributed by atoms with Crippen LogP contribution < -0.4 is 0 Å². The quantitative estimate of drug-likeness (QED) is 0.497. The van der Waals surface area contributed by atoms with Crippen molar-refractivity contribution in [1.82, 2.24) is 0 Å². The molecule has 0 saturated carbocycles. The van der Waals surface area contributed by atoms with Crippen molar-refractivity contribution in [2.24, 2.45) is 0 Å². The van der Waals surface area contributed by atoms with Gasteiger partial charge in [-0.3, -0.25) is 0 Å². The van der Waals surface area contributed by atoms with Gasteiger partial charge >= 0.3 is 0 Å². The SMILES string of the molecule is CC(C)c1ccc2cc(-c3ccc(C(C)C)s3)ccc2c1. The van der Waals surface area contributed by atoms with Gasteiger partial charge in [-0.05, 0) is 51.9 Å². The average molecular weight is 294 g/mol. The third-order valence-corrected chi connectivity index (χ3v) is 5.45. The molecule has 1 aromatic heterocycles. The Hall–Kier alpha value is -1.60. The summed E-state index contributed by atoms with van der Waals surface area (Å²) >= 11 is 1.91. The second-order valence-corrected chi connectivity index (χ2v) is 7.45. The lowest BCUT2D eigenvalue weighted by molar-refractivity contribution is 0.869. The van der Waals surface area contributed by atoms with Crippen molar-refractivity contribution in [2.45, 2.75) is 39.5 Å². The van der Waals surface area contributed by atoms with E-state index in [0.29, 0.717) is 11.8 Å². The first kappa shape index (κ1) is 14.3. The summed E-state index contributed by atoms with van der Waals surface area (Å²) in [7, 11) is 0. The highest BCUT2D eigenvalue weighted by atomic mass is 32.1. The highest BCUT2D eigenvalue weighted by Gasteiger charge is 2.07. The van der Waals surface area contributed by atoms with Crippen LogP contribution in [0.4, 0.5) is 0 Å². The lowest BCUT2D eigenvalue weighted by Gasteiger charge is -2.08. The topological polar surface area (TPSA) is 0 Å². The maximum absolute atomic E-state index is 2.32. The van der Waals surface area contributed by atoms with Gasteiger partial charge < -0.3 is 0 Å². The van der Waals surface area contributed by atoms with Crippen molar-refractivity contribution >= 4 is 22.1 Å². The minimum absolute atomic E-state index is 0.583. The van der Waals surface area contributed by atoms with Crippen LogP contribution in [0.5, 0.6) is 0 Å². The van der Waals surface area contributed by atoms with Gasteiger partial charge in [-0.2, -0.15) is 0 Å². The minimum atomic E-state index is 0.583. The van der Waals surface area contributed by atoms with Crippen LogP contribution in [-0.2, 0) is 0 Å². The summed E-state index contributed by atoms with van der Waals surface area (Å²) in [6, 6.07) is 18.2. The van der Waals surface area contributed by atoms with Crippen LogP contribution in [-0.4, -0.2) is 0 Å². The molecule has 0 fully saturated rings. The van der Waals surface area contributed by atoms with E-state index in [0.717, 1.165) is 0 Å². The normalized spacial score (nSPS) is 11.7. The van der Waals surface area contributed by atoms with Gasteiger partial charge in [-0.25, -0.2) is 0 Å². The molecule has 0 N–H and O–H groups in total. The van der Waals surface area contributed by atoms with E-state index in [1.807, 2.05) is 11.3 Å². The van der Waals surface area contributed by atoms with Crippen molar-refractivity contribution in [3.8, 4) is 10.4 Å². The molecule has 0 unspecified atom stereocenters. The van der Waals surface area contributed by atoms with Crippen LogP contribution in [0, 0.1) is 0 Å². The summed E-state index contributed by atoms with van der Waals surface area (Å²) in [5.74, 6) is 1.19. The molecule has 0 aliphatic heterocycles. The van der Waals surface area contributed by atoms with E-state index in [1.165, 1.54) is 31.7 Å². The third kappa shape index (κ3) is 2.89. The predicted molar refractivity (Wildman–Crippen MR) is 95.4 cm³/mol. The zero-order chi connectivity index (χ0) is 15.0. The Morgan fingerprint density at radius 3 is 2.10 bits per heavy atom. The molecule has 3 rings (SSSR count). The first-order valence-corrected chi connectivity index (χ1v) is 8.50. The summed E-state index contributed by atoms with van der Waals surface area (Å²) in [6.45, 7) is 9.00. The van der Waals surface area contributed by atoms with Crippen molar-refractivity contribution in [1.29, 1.82) is 0 Å². The number of thiophene rings is 1. The monoisotopic (exact) mass is 294 g/mol. The average Bonchev–Trinajstić information content (AvgIpc) is 2.96. The summed E-state index contributed by atoms with van der Waals surface area (Å²) in [5.41, 5.74) is 2.74. The summed E-state index contributed by atoms with van der Waals surface area (Å²) in [6.07, 6.45) is 0. The van der Waals surface area contributed by atoms with Gasteiger partial charge in [-0.15, -0.1) is 11.3 Å². The summed E-state index contributed by atoms with van der Waals surface area (Å²) in [4.78, 5) is 2.83. The Bertz CT molecular complexity index is 762. The van der Waals surface area contributed by atoms with Gasteiger partial charge in [0.05, 0.1) is 0 Å². The van der Waals surface area contributed by atoms with Gasteiger partial charge in [0.2, 0.25) is 0 Å². The Morgan fingerprint density at radius 1 is 0.714 bits per heavy atom. The molecule has 1 heteroatoms. The minimum Gasteiger partial charge on any atom is -0.140 e. The molecule has 0 aliphatic rings. The van der Waals surface area contributed by atoms with Crippen LogP contribution in [0.2, 0.25) is 0 Å². The Kier molecular flexibility index (Phi) is 3.86. The molecule has 0 saturated heterocycles. The fourth-order valence-corrected chi connectivity index (χ4v) is 3.60. The lowest BCUT2D eigenvalue weighted by Crippen LogP contribution is -1.86. The smallest absolute Gasteiger partial charge is 0.0345 e. The van der Waals surface area contributed by atoms with E-state index in [1.54, 1.807) is 0 Å². The van der Waals surface area contributed by atoms with E-state index < -0.39 is 0 Å². The standard InChI is InChI=1S/C20H22S/c1-13(2)15-5-6-17-12-18(8-7-16(17)11-15)20-10-9-19(21-20)14(3)4/h5-14H,1-4H3. The van der Waals surface area contributed by atoms with Gasteiger partial charge in [0, 0.05) is 9.75 Å². The molecule has 0 spiro atoms. The maximum Gasteiger partial charge on any atom is 0.0345 e. The third-order valence-electron chi connectivity index (χ3n) is 4.01. The van der Waals surface area contributed by atoms with E-state index in [9.17, 15) is 0 Å². The fraction of sp³-hybridized carbons (Fsp3) is 0.300. The van der Waals surface area contributed by atoms with Crippen LogP contribution in [0.3, 0.4) is 0 Å². The molecular weight excluding hydrogens is 272 g/mol.